The van der Waals surface area contributed by atoms with Crippen molar-refractivity contribution >= 4 is 5.91 Å². The van der Waals surface area contributed by atoms with E-state index in [9.17, 15) is 18.0 Å². The van der Waals surface area contributed by atoms with Crippen molar-refractivity contribution in [3.8, 4) is 0 Å². The first-order valence-electron chi connectivity index (χ1n) is 6.93. The molecule has 1 amide bonds. The third kappa shape index (κ3) is 7.09. The van der Waals surface area contributed by atoms with E-state index in [4.69, 9.17) is 0 Å². The second-order valence-corrected chi connectivity index (χ2v) is 5.59. The van der Waals surface area contributed by atoms with Gasteiger partial charge in [0, 0.05) is 19.1 Å². The highest BCUT2D eigenvalue weighted by Crippen LogP contribution is 2.15. The molecular formula is C13H23F3N2O2. The van der Waals surface area contributed by atoms with Crippen LogP contribution < -0.4 is 5.32 Å². The molecule has 1 saturated heterocycles. The second-order valence-electron chi connectivity index (χ2n) is 5.59. The first kappa shape index (κ1) is 17.2. The Hall–Kier alpha value is -0.820. The van der Waals surface area contributed by atoms with Crippen LogP contribution in [-0.4, -0.2) is 55.9 Å². The second kappa shape index (κ2) is 7.83. The van der Waals surface area contributed by atoms with E-state index in [1.165, 1.54) is 0 Å². The van der Waals surface area contributed by atoms with Gasteiger partial charge in [0.25, 0.3) is 0 Å². The summed E-state index contributed by atoms with van der Waals surface area (Å²) in [4.78, 5) is 13.6. The Morgan fingerprint density at radius 3 is 2.65 bits per heavy atom. The van der Waals surface area contributed by atoms with E-state index in [1.807, 2.05) is 13.8 Å². The maximum absolute atomic E-state index is 12.0. The minimum atomic E-state index is -4.39. The monoisotopic (exact) mass is 296 g/mol. The molecule has 1 unspecified atom stereocenters. The molecule has 0 aromatic carbocycles. The van der Waals surface area contributed by atoms with Crippen molar-refractivity contribution in [3.05, 3.63) is 0 Å². The minimum Gasteiger partial charge on any atom is -0.362 e. The van der Waals surface area contributed by atoms with Gasteiger partial charge in [-0.2, -0.15) is 13.2 Å². The maximum atomic E-state index is 12.0. The maximum Gasteiger partial charge on any atom is 0.411 e. The fraction of sp³-hybridized carbons (Fsp3) is 0.923. The van der Waals surface area contributed by atoms with Crippen LogP contribution in [0, 0.1) is 5.92 Å². The van der Waals surface area contributed by atoms with E-state index in [-0.39, 0.29) is 17.9 Å². The SMILES string of the molecule is CC(C)CN(CC1CCCN1)C(=O)COCC(F)(F)F. The van der Waals surface area contributed by atoms with Crippen molar-refractivity contribution in [2.45, 2.75) is 38.9 Å². The summed E-state index contributed by atoms with van der Waals surface area (Å²) in [6, 6.07) is 0.236. The van der Waals surface area contributed by atoms with Gasteiger partial charge >= 0.3 is 6.18 Å². The van der Waals surface area contributed by atoms with Gasteiger partial charge in [-0.1, -0.05) is 13.8 Å². The van der Waals surface area contributed by atoms with Crippen molar-refractivity contribution in [2.24, 2.45) is 5.92 Å². The zero-order valence-corrected chi connectivity index (χ0v) is 12.0. The number of nitrogens with one attached hydrogen (secondary N) is 1. The summed E-state index contributed by atoms with van der Waals surface area (Å²) in [6.45, 7) is 4.05. The van der Waals surface area contributed by atoms with Crippen LogP contribution in [0.3, 0.4) is 0 Å². The molecule has 0 saturated carbocycles. The highest BCUT2D eigenvalue weighted by molar-refractivity contribution is 5.77. The van der Waals surface area contributed by atoms with Crippen LogP contribution in [-0.2, 0) is 9.53 Å². The van der Waals surface area contributed by atoms with Crippen LogP contribution in [0.5, 0.6) is 0 Å². The molecule has 1 aliphatic rings. The zero-order chi connectivity index (χ0) is 15.2. The fourth-order valence-electron chi connectivity index (χ4n) is 2.24. The molecular weight excluding hydrogens is 273 g/mol. The highest BCUT2D eigenvalue weighted by Gasteiger charge is 2.29. The van der Waals surface area contributed by atoms with Gasteiger partial charge in [-0.15, -0.1) is 0 Å². The molecule has 4 nitrogen and oxygen atoms in total. The third-order valence-electron chi connectivity index (χ3n) is 3.03. The number of ether oxygens (including phenoxy) is 1. The molecule has 1 atom stereocenters. The van der Waals surface area contributed by atoms with Crippen LogP contribution in [0.1, 0.15) is 26.7 Å². The van der Waals surface area contributed by atoms with Crippen LogP contribution in [0.4, 0.5) is 13.2 Å². The van der Waals surface area contributed by atoms with Gasteiger partial charge in [-0.25, -0.2) is 0 Å². The van der Waals surface area contributed by atoms with E-state index in [0.29, 0.717) is 13.1 Å². The number of amides is 1. The Morgan fingerprint density at radius 2 is 2.15 bits per heavy atom. The Balaban J connectivity index is 2.42. The van der Waals surface area contributed by atoms with Crippen molar-refractivity contribution < 1.29 is 22.7 Å². The average molecular weight is 296 g/mol. The summed E-state index contributed by atoms with van der Waals surface area (Å²) >= 11 is 0. The number of alkyl halides is 3. The fourth-order valence-corrected chi connectivity index (χ4v) is 2.24. The molecule has 1 aliphatic heterocycles. The molecule has 1 fully saturated rings. The average Bonchev–Trinajstić information content (AvgIpc) is 2.78. The minimum absolute atomic E-state index is 0.236. The van der Waals surface area contributed by atoms with Gasteiger partial charge < -0.3 is 15.0 Å². The van der Waals surface area contributed by atoms with E-state index in [1.54, 1.807) is 4.90 Å². The Morgan fingerprint density at radius 1 is 1.45 bits per heavy atom. The number of carbonyl (C=O) groups excluding carboxylic acids is 1. The van der Waals surface area contributed by atoms with E-state index >= 15 is 0 Å². The summed E-state index contributed by atoms with van der Waals surface area (Å²) in [6.07, 6.45) is -2.33. The van der Waals surface area contributed by atoms with E-state index < -0.39 is 19.4 Å². The predicted molar refractivity (Wildman–Crippen MR) is 69.3 cm³/mol. The Labute approximate surface area is 117 Å². The molecule has 0 aromatic heterocycles. The lowest BCUT2D eigenvalue weighted by Crippen LogP contribution is -2.44. The summed E-state index contributed by atoms with van der Waals surface area (Å²) < 4.78 is 40.4. The molecule has 0 aromatic rings. The first-order valence-corrected chi connectivity index (χ1v) is 6.93. The first-order chi connectivity index (χ1) is 9.28. The molecule has 0 spiro atoms. The topological polar surface area (TPSA) is 41.6 Å². The molecule has 1 N–H and O–H groups in total. The van der Waals surface area contributed by atoms with Crippen LogP contribution in [0.15, 0.2) is 0 Å². The summed E-state index contributed by atoms with van der Waals surface area (Å²) in [7, 11) is 0. The van der Waals surface area contributed by atoms with E-state index in [0.717, 1.165) is 19.4 Å². The van der Waals surface area contributed by atoms with Crippen LogP contribution in [0.2, 0.25) is 0 Å². The number of hydrogen-bond acceptors (Lipinski definition) is 3. The van der Waals surface area contributed by atoms with Gasteiger partial charge in [0.15, 0.2) is 0 Å². The lowest BCUT2D eigenvalue weighted by Gasteiger charge is -2.27. The summed E-state index contributed by atoms with van der Waals surface area (Å²) in [5.74, 6) is -0.111. The van der Waals surface area contributed by atoms with Crippen molar-refractivity contribution in [1.29, 1.82) is 0 Å². The Bertz CT molecular complexity index is 302. The molecule has 118 valence electrons. The zero-order valence-electron chi connectivity index (χ0n) is 12.0. The molecule has 0 radical (unpaired) electrons. The van der Waals surface area contributed by atoms with Gasteiger partial charge in [-0.05, 0) is 25.3 Å². The van der Waals surface area contributed by atoms with Gasteiger partial charge in [0.1, 0.15) is 13.2 Å². The lowest BCUT2D eigenvalue weighted by atomic mass is 10.1. The third-order valence-corrected chi connectivity index (χ3v) is 3.03. The number of nitrogens with zero attached hydrogens (tertiary/aromatic N) is 1. The predicted octanol–water partition coefficient (Wildman–Crippen LogP) is 1.80. The lowest BCUT2D eigenvalue weighted by molar-refractivity contribution is -0.178. The van der Waals surface area contributed by atoms with Gasteiger partial charge in [0.05, 0.1) is 0 Å². The molecule has 0 bridgehead atoms. The van der Waals surface area contributed by atoms with Crippen molar-refractivity contribution in [1.82, 2.24) is 10.2 Å². The van der Waals surface area contributed by atoms with Crippen molar-refractivity contribution in [2.75, 3.05) is 32.8 Å². The Kier molecular flexibility index (Phi) is 6.75. The number of halogens is 3. The quantitative estimate of drug-likeness (QED) is 0.779. The number of rotatable bonds is 7. The smallest absolute Gasteiger partial charge is 0.362 e. The largest absolute Gasteiger partial charge is 0.411 e. The highest BCUT2D eigenvalue weighted by atomic mass is 19.4. The van der Waals surface area contributed by atoms with Crippen molar-refractivity contribution in [3.63, 3.8) is 0 Å². The van der Waals surface area contributed by atoms with Crippen LogP contribution >= 0.6 is 0 Å². The molecule has 0 aliphatic carbocycles. The standard InChI is InChI=1S/C13H23F3N2O2/c1-10(2)6-18(7-11-4-3-5-17-11)12(19)8-20-9-13(14,15)16/h10-11,17H,3-9H2,1-2H3. The molecule has 20 heavy (non-hydrogen) atoms. The van der Waals surface area contributed by atoms with E-state index in [2.05, 4.69) is 10.1 Å². The van der Waals surface area contributed by atoms with Gasteiger partial charge in [-0.3, -0.25) is 4.79 Å². The summed E-state index contributed by atoms with van der Waals surface area (Å²) in [5, 5.41) is 3.28. The normalized spacial score (nSPS) is 19.6. The number of carbonyl (C=O) groups is 1. The number of hydrogen-bond donors (Lipinski definition) is 1. The molecule has 1 heterocycles. The molecule has 7 heteroatoms. The molecule has 1 rings (SSSR count). The van der Waals surface area contributed by atoms with Crippen LogP contribution in [0.25, 0.3) is 0 Å². The summed E-state index contributed by atoms with van der Waals surface area (Å²) in [5.41, 5.74) is 0. The van der Waals surface area contributed by atoms with Gasteiger partial charge in [0.2, 0.25) is 5.91 Å².